The fourth-order valence-electron chi connectivity index (χ4n) is 6.52. The Bertz CT molecular complexity index is 1990. The van der Waals surface area contributed by atoms with Gasteiger partial charge in [0.05, 0.1) is 52.1 Å². The van der Waals surface area contributed by atoms with Gasteiger partial charge in [-0.3, -0.25) is 14.0 Å². The number of carbonyl (C=O) groups is 3. The molecule has 2 aromatic carbocycles. The molecule has 0 radical (unpaired) electrons. The molecule has 1 atom stereocenters. The summed E-state index contributed by atoms with van der Waals surface area (Å²) in [5.41, 5.74) is 3.01. The summed E-state index contributed by atoms with van der Waals surface area (Å²) in [5, 5.41) is 27.5. The average molecular weight is 792 g/mol. The van der Waals surface area contributed by atoms with Crippen LogP contribution in [0.4, 0.5) is 33.5 Å². The van der Waals surface area contributed by atoms with Crippen molar-refractivity contribution in [3.8, 4) is 17.0 Å². The highest BCUT2D eigenvalue weighted by Crippen LogP contribution is 2.32. The topological polar surface area (TPSA) is 170 Å². The van der Waals surface area contributed by atoms with E-state index < -0.39 is 29.7 Å². The van der Waals surface area contributed by atoms with Crippen LogP contribution in [0.15, 0.2) is 48.9 Å². The zero-order valence-corrected chi connectivity index (χ0v) is 31.3. The lowest BCUT2D eigenvalue weighted by Gasteiger charge is -2.40. The average Bonchev–Trinajstić information content (AvgIpc) is 3.57. The van der Waals surface area contributed by atoms with Crippen LogP contribution in [0.25, 0.3) is 16.9 Å². The first-order valence-electron chi connectivity index (χ1n) is 18.1. The van der Waals surface area contributed by atoms with E-state index in [1.807, 2.05) is 19.1 Å². The highest BCUT2D eigenvalue weighted by molar-refractivity contribution is 5.96. The molecule has 1 aliphatic heterocycles. The Hall–Kier alpha value is -5.36. The Morgan fingerprint density at radius 3 is 2.39 bits per heavy atom. The van der Waals surface area contributed by atoms with Crippen molar-refractivity contribution in [2.45, 2.75) is 51.6 Å². The predicted octanol–water partition coefficient (Wildman–Crippen LogP) is 4.72. The third-order valence-electron chi connectivity index (χ3n) is 9.51. The molecule has 4 aromatic rings. The second-order valence-electron chi connectivity index (χ2n) is 13.8. The maximum Gasteiger partial charge on any atom is 0.430 e. The molecular weight excluding hydrogens is 745 g/mol. The summed E-state index contributed by atoms with van der Waals surface area (Å²) in [6.45, 7) is 7.55. The first-order chi connectivity index (χ1) is 26.6. The molecule has 56 heavy (non-hydrogen) atoms. The van der Waals surface area contributed by atoms with Gasteiger partial charge < -0.3 is 40.2 Å². The minimum Gasteiger partial charge on any atom is -0.542 e. The van der Waals surface area contributed by atoms with Crippen molar-refractivity contribution < 1.29 is 55.8 Å². The van der Waals surface area contributed by atoms with E-state index in [9.17, 15) is 31.5 Å². The number of quaternary nitrogens is 1. The summed E-state index contributed by atoms with van der Waals surface area (Å²) < 4.78 is 68.3. The maximum atomic E-state index is 14.9. The van der Waals surface area contributed by atoms with Crippen LogP contribution >= 0.6 is 0 Å². The predicted molar refractivity (Wildman–Crippen MR) is 195 cm³/mol. The number of aliphatic carboxylic acids is 2. The second-order valence-corrected chi connectivity index (χ2v) is 13.8. The van der Waals surface area contributed by atoms with Gasteiger partial charge >= 0.3 is 12.1 Å². The summed E-state index contributed by atoms with van der Waals surface area (Å²) in [6, 6.07) is 8.32. The third-order valence-corrected chi connectivity index (χ3v) is 9.51. The summed E-state index contributed by atoms with van der Waals surface area (Å²) in [6.07, 6.45) is 3.83. The minimum absolute atomic E-state index is 0.0407. The monoisotopic (exact) mass is 791 g/mol. The van der Waals surface area contributed by atoms with Gasteiger partial charge in [-0.15, -0.1) is 0 Å². The molecule has 13 nitrogen and oxygen atoms in total. The zero-order chi connectivity index (χ0) is 41.0. The number of imidazole rings is 1. The summed E-state index contributed by atoms with van der Waals surface area (Å²) in [5.74, 6) is -5.08. The van der Waals surface area contributed by atoms with Crippen molar-refractivity contribution in [1.82, 2.24) is 25.0 Å². The second kappa shape index (κ2) is 19.5. The fraction of sp³-hybridized carbons (Fsp3) is 0.447. The van der Waals surface area contributed by atoms with E-state index >= 15 is 0 Å². The van der Waals surface area contributed by atoms with Crippen molar-refractivity contribution in [1.29, 1.82) is 0 Å². The molecule has 2 aromatic heterocycles. The van der Waals surface area contributed by atoms with Crippen molar-refractivity contribution in [2.24, 2.45) is 5.92 Å². The van der Waals surface area contributed by atoms with Crippen molar-refractivity contribution in [3.05, 3.63) is 71.7 Å². The number of nitrogens with one attached hydrogen (secondary N) is 3. The van der Waals surface area contributed by atoms with Crippen molar-refractivity contribution in [3.63, 3.8) is 0 Å². The lowest BCUT2D eigenvalue weighted by Crippen LogP contribution is -2.56. The number of hydrogen-bond acceptors (Lipinski definition) is 9. The molecule has 1 aliphatic rings. The number of halogens is 5. The number of amides is 1. The number of aromatic nitrogens is 3. The number of alkyl halides is 3. The molecule has 5 rings (SSSR count). The number of ether oxygens (including phenoxy) is 1. The summed E-state index contributed by atoms with van der Waals surface area (Å²) in [4.78, 5) is 41.8. The molecule has 1 fully saturated rings. The van der Waals surface area contributed by atoms with Crippen LogP contribution in [0.5, 0.6) is 5.75 Å². The largest absolute Gasteiger partial charge is 0.542 e. The number of aryl methyl sites for hydroxylation is 1. The van der Waals surface area contributed by atoms with E-state index in [1.165, 1.54) is 25.4 Å². The van der Waals surface area contributed by atoms with Crippen LogP contribution in [0.3, 0.4) is 0 Å². The van der Waals surface area contributed by atoms with Crippen LogP contribution in [-0.4, -0.2) is 101 Å². The molecular formula is C38H46F5N7O6. The number of nitrogens with zero attached hydrogens (tertiary/aromatic N) is 4. The molecule has 1 amide bonds. The molecule has 1 unspecified atom stereocenters. The number of carboxylic acid groups (broad SMARTS) is 2. The standard InChI is InChI=1S/C36H45F2N7O4.C2HF3O2/c1-4-25-19-26(43-34-35-42-22-29(44(35)16-15-40-34)28-12-13-30(49-3)33(38)32(28)37)10-11-27(25)36(48)41-14-6-5-7-17-45(2,18-8-9-31(46)47)23-24-20-39-21-24;3-2(4,5)1(6)7/h10-13,15-16,19,22,24,39H,4-9,14,17-18,20-21,23H2,1-3H3,(H2-,40,41,43,46,47,48);(H,6,7). The van der Waals surface area contributed by atoms with Gasteiger partial charge in [0.25, 0.3) is 5.91 Å². The summed E-state index contributed by atoms with van der Waals surface area (Å²) >= 11 is 0. The number of carbonyl (C=O) groups excluding carboxylic acids is 2. The molecule has 0 aliphatic carbocycles. The Morgan fingerprint density at radius 1 is 1.05 bits per heavy atom. The quantitative estimate of drug-likeness (QED) is 0.0629. The van der Waals surface area contributed by atoms with Crippen molar-refractivity contribution in [2.75, 3.05) is 58.7 Å². The minimum atomic E-state index is -5.19. The highest BCUT2D eigenvalue weighted by atomic mass is 19.4. The van der Waals surface area contributed by atoms with Crippen LogP contribution in [0.1, 0.15) is 54.9 Å². The number of fused-ring (bicyclic) bond motifs is 1. The first-order valence-corrected chi connectivity index (χ1v) is 18.1. The molecule has 0 spiro atoms. The van der Waals surface area contributed by atoms with E-state index in [0.29, 0.717) is 53.7 Å². The fourth-order valence-corrected chi connectivity index (χ4v) is 6.52. The SMILES string of the molecule is CCc1cc(Nc2nccn3c(-c4ccc(OC)c(F)c4F)cnc23)ccc1C(=O)NCCCCC[N+](C)(CCCC(=O)O)CC1CNC1.O=C([O-])C(F)(F)F. The van der Waals surface area contributed by atoms with E-state index in [1.54, 1.807) is 22.9 Å². The van der Waals surface area contributed by atoms with E-state index in [-0.39, 0.29) is 23.6 Å². The maximum absolute atomic E-state index is 14.9. The number of carboxylic acids is 2. The molecule has 0 saturated carbocycles. The molecule has 1 saturated heterocycles. The lowest BCUT2D eigenvalue weighted by atomic mass is 10.0. The zero-order valence-electron chi connectivity index (χ0n) is 31.3. The van der Waals surface area contributed by atoms with Gasteiger partial charge in [-0.1, -0.05) is 6.92 Å². The normalized spacial score (nSPS) is 13.9. The van der Waals surface area contributed by atoms with Gasteiger partial charge in [0.1, 0.15) is 5.97 Å². The highest BCUT2D eigenvalue weighted by Gasteiger charge is 2.30. The molecule has 4 N–H and O–H groups in total. The number of rotatable bonds is 18. The van der Waals surface area contributed by atoms with Gasteiger partial charge in [-0.2, -0.15) is 17.6 Å². The first kappa shape index (κ1) is 43.4. The third kappa shape index (κ3) is 11.6. The number of methoxy groups -OCH3 is 1. The molecule has 18 heteroatoms. The van der Waals surface area contributed by atoms with Gasteiger partial charge in [-0.05, 0) is 61.6 Å². The summed E-state index contributed by atoms with van der Waals surface area (Å²) in [7, 11) is 3.52. The Kier molecular flexibility index (Phi) is 15.1. The van der Waals surface area contributed by atoms with Gasteiger partial charge in [-0.25, -0.2) is 14.4 Å². The van der Waals surface area contributed by atoms with Crippen molar-refractivity contribution >= 4 is 35.0 Å². The number of unbranched alkanes of at least 4 members (excludes halogenated alkanes) is 2. The van der Waals surface area contributed by atoms with Gasteiger partial charge in [0, 0.05) is 61.2 Å². The smallest absolute Gasteiger partial charge is 0.430 e. The van der Waals surface area contributed by atoms with Gasteiger partial charge in [0.2, 0.25) is 5.82 Å². The van der Waals surface area contributed by atoms with E-state index in [2.05, 4.69) is 33.0 Å². The molecule has 304 valence electrons. The van der Waals surface area contributed by atoms with Crippen LogP contribution in [0.2, 0.25) is 0 Å². The van der Waals surface area contributed by atoms with Crippen LogP contribution < -0.4 is 25.8 Å². The number of hydrogen-bond donors (Lipinski definition) is 4. The Balaban J connectivity index is 0.000000908. The number of benzene rings is 2. The van der Waals surface area contributed by atoms with Gasteiger partial charge in [0.15, 0.2) is 23.0 Å². The molecule has 0 bridgehead atoms. The van der Waals surface area contributed by atoms with Crippen LogP contribution in [0, 0.1) is 17.6 Å². The van der Waals surface area contributed by atoms with E-state index in [4.69, 9.17) is 19.7 Å². The Morgan fingerprint density at radius 2 is 1.77 bits per heavy atom. The van der Waals surface area contributed by atoms with Crippen LogP contribution in [-0.2, 0) is 16.0 Å². The Labute approximate surface area is 320 Å². The molecule has 3 heterocycles. The lowest BCUT2D eigenvalue weighted by molar-refractivity contribution is -0.913. The van der Waals surface area contributed by atoms with E-state index in [0.717, 1.165) is 62.0 Å². The number of anilines is 2.